The Hall–Kier alpha value is -1.75. The highest BCUT2D eigenvalue weighted by molar-refractivity contribution is 7.98. The van der Waals surface area contributed by atoms with Crippen molar-refractivity contribution in [1.82, 2.24) is 14.8 Å². The van der Waals surface area contributed by atoms with Crippen LogP contribution in [-0.2, 0) is 12.3 Å². The van der Waals surface area contributed by atoms with E-state index in [2.05, 4.69) is 16.8 Å². The predicted molar refractivity (Wildman–Crippen MR) is 102 cm³/mol. The van der Waals surface area contributed by atoms with E-state index in [-0.39, 0.29) is 0 Å². The molecule has 122 valence electrons. The highest BCUT2D eigenvalue weighted by Gasteiger charge is 2.14. The van der Waals surface area contributed by atoms with Gasteiger partial charge in [-0.1, -0.05) is 65.3 Å². The molecule has 0 fully saturated rings. The third-order valence-electron chi connectivity index (χ3n) is 3.39. The first kappa shape index (κ1) is 17.1. The maximum Gasteiger partial charge on any atom is 0.192 e. The average molecular weight is 376 g/mol. The predicted octanol–water partition coefficient (Wildman–Crippen LogP) is 5.73. The standard InChI is InChI=1S/C18H15Cl2N3S/c1-2-10-23-17(14-4-3-5-16(20)11-14)21-22-18(23)24-12-13-6-8-15(19)9-7-13/h2-9,11H,1,10,12H2. The molecule has 24 heavy (non-hydrogen) atoms. The molecule has 3 rings (SSSR count). The molecule has 2 aromatic carbocycles. The van der Waals surface area contributed by atoms with Crippen molar-refractivity contribution in [3.8, 4) is 11.4 Å². The van der Waals surface area contributed by atoms with E-state index < -0.39 is 0 Å². The fourth-order valence-electron chi connectivity index (χ4n) is 2.26. The number of halogens is 2. The van der Waals surface area contributed by atoms with Crippen LogP contribution < -0.4 is 0 Å². The number of allylic oxidation sites excluding steroid dienone is 1. The van der Waals surface area contributed by atoms with Crippen LogP contribution in [0.4, 0.5) is 0 Å². The van der Waals surface area contributed by atoms with Crippen molar-refractivity contribution in [2.75, 3.05) is 0 Å². The second-order valence-corrected chi connectivity index (χ2v) is 6.95. The third kappa shape index (κ3) is 4.01. The highest BCUT2D eigenvalue weighted by Crippen LogP contribution is 2.28. The van der Waals surface area contributed by atoms with E-state index in [1.807, 2.05) is 59.2 Å². The van der Waals surface area contributed by atoms with Gasteiger partial charge in [-0.3, -0.25) is 4.57 Å². The molecule has 0 unspecified atom stereocenters. The molecule has 0 amide bonds. The summed E-state index contributed by atoms with van der Waals surface area (Å²) in [5, 5.41) is 10.9. The number of hydrogen-bond donors (Lipinski definition) is 0. The van der Waals surface area contributed by atoms with Gasteiger partial charge in [0.15, 0.2) is 11.0 Å². The van der Waals surface area contributed by atoms with E-state index in [0.717, 1.165) is 27.3 Å². The number of thioether (sulfide) groups is 1. The van der Waals surface area contributed by atoms with Gasteiger partial charge in [-0.2, -0.15) is 0 Å². The first-order valence-electron chi connectivity index (χ1n) is 7.34. The van der Waals surface area contributed by atoms with Crippen LogP contribution in [0, 0.1) is 0 Å². The fraction of sp³-hybridized carbons (Fsp3) is 0.111. The van der Waals surface area contributed by atoms with Crippen LogP contribution in [0.1, 0.15) is 5.56 Å². The lowest BCUT2D eigenvalue weighted by Crippen LogP contribution is -2.00. The minimum absolute atomic E-state index is 0.637. The normalized spacial score (nSPS) is 10.8. The Bertz CT molecular complexity index is 844. The largest absolute Gasteiger partial charge is 0.298 e. The minimum Gasteiger partial charge on any atom is -0.298 e. The monoisotopic (exact) mass is 375 g/mol. The zero-order valence-electron chi connectivity index (χ0n) is 12.8. The Morgan fingerprint density at radius 1 is 1.04 bits per heavy atom. The van der Waals surface area contributed by atoms with Gasteiger partial charge in [0.25, 0.3) is 0 Å². The lowest BCUT2D eigenvalue weighted by molar-refractivity contribution is 0.731. The number of hydrogen-bond acceptors (Lipinski definition) is 3. The Morgan fingerprint density at radius 3 is 2.54 bits per heavy atom. The van der Waals surface area contributed by atoms with E-state index in [9.17, 15) is 0 Å². The van der Waals surface area contributed by atoms with Crippen LogP contribution in [0.5, 0.6) is 0 Å². The van der Waals surface area contributed by atoms with Gasteiger partial charge in [0.05, 0.1) is 0 Å². The highest BCUT2D eigenvalue weighted by atomic mass is 35.5. The summed E-state index contributed by atoms with van der Waals surface area (Å²) in [4.78, 5) is 0. The lowest BCUT2D eigenvalue weighted by atomic mass is 10.2. The molecule has 0 radical (unpaired) electrons. The maximum absolute atomic E-state index is 6.09. The average Bonchev–Trinajstić information content (AvgIpc) is 2.98. The molecule has 0 spiro atoms. The van der Waals surface area contributed by atoms with Gasteiger partial charge >= 0.3 is 0 Å². The van der Waals surface area contributed by atoms with Crippen LogP contribution in [0.3, 0.4) is 0 Å². The zero-order chi connectivity index (χ0) is 16.9. The molecular weight excluding hydrogens is 361 g/mol. The number of rotatable bonds is 6. The molecule has 1 heterocycles. The van der Waals surface area contributed by atoms with Crippen molar-refractivity contribution >= 4 is 35.0 Å². The first-order chi connectivity index (χ1) is 11.7. The Morgan fingerprint density at radius 2 is 1.83 bits per heavy atom. The Labute approximate surface area is 155 Å². The van der Waals surface area contributed by atoms with Crippen molar-refractivity contribution in [2.45, 2.75) is 17.5 Å². The number of benzene rings is 2. The molecule has 0 bridgehead atoms. The summed E-state index contributed by atoms with van der Waals surface area (Å²) in [7, 11) is 0. The van der Waals surface area contributed by atoms with Crippen LogP contribution in [0.15, 0.2) is 66.3 Å². The zero-order valence-corrected chi connectivity index (χ0v) is 15.2. The van der Waals surface area contributed by atoms with Crippen molar-refractivity contribution in [1.29, 1.82) is 0 Å². The molecule has 0 aliphatic carbocycles. The smallest absolute Gasteiger partial charge is 0.192 e. The van der Waals surface area contributed by atoms with Crippen molar-refractivity contribution in [2.24, 2.45) is 0 Å². The summed E-state index contributed by atoms with van der Waals surface area (Å²) in [6.45, 7) is 4.47. The molecule has 0 aliphatic heterocycles. The van der Waals surface area contributed by atoms with Crippen molar-refractivity contribution in [3.63, 3.8) is 0 Å². The van der Waals surface area contributed by atoms with Gasteiger partial charge in [0, 0.05) is 27.9 Å². The van der Waals surface area contributed by atoms with E-state index in [4.69, 9.17) is 23.2 Å². The second kappa shape index (κ2) is 7.88. The van der Waals surface area contributed by atoms with Crippen molar-refractivity contribution < 1.29 is 0 Å². The molecule has 0 saturated carbocycles. The second-order valence-electron chi connectivity index (χ2n) is 5.13. The maximum atomic E-state index is 6.09. The van der Waals surface area contributed by atoms with E-state index in [0.29, 0.717) is 11.6 Å². The minimum atomic E-state index is 0.637. The fourth-order valence-corrected chi connectivity index (χ4v) is 3.48. The molecule has 0 N–H and O–H groups in total. The van der Waals surface area contributed by atoms with Gasteiger partial charge in [-0.25, -0.2) is 0 Å². The Kier molecular flexibility index (Phi) is 5.61. The van der Waals surface area contributed by atoms with Crippen molar-refractivity contribution in [3.05, 3.63) is 76.8 Å². The topological polar surface area (TPSA) is 30.7 Å². The van der Waals surface area contributed by atoms with Crippen LogP contribution in [0.2, 0.25) is 10.0 Å². The number of nitrogens with zero attached hydrogens (tertiary/aromatic N) is 3. The van der Waals surface area contributed by atoms with Gasteiger partial charge in [-0.15, -0.1) is 16.8 Å². The summed E-state index contributed by atoms with van der Waals surface area (Å²) in [6.07, 6.45) is 1.84. The molecule has 3 nitrogen and oxygen atoms in total. The SMILES string of the molecule is C=CCn1c(SCc2ccc(Cl)cc2)nnc1-c1cccc(Cl)c1. The third-order valence-corrected chi connectivity index (χ3v) is 4.92. The lowest BCUT2D eigenvalue weighted by Gasteiger charge is -2.08. The quantitative estimate of drug-likeness (QED) is 0.407. The van der Waals surface area contributed by atoms with Gasteiger partial charge in [0.2, 0.25) is 0 Å². The van der Waals surface area contributed by atoms with Crippen LogP contribution in [0.25, 0.3) is 11.4 Å². The summed E-state index contributed by atoms with van der Waals surface area (Å²) in [5.74, 6) is 1.58. The van der Waals surface area contributed by atoms with E-state index in [1.165, 1.54) is 5.56 Å². The molecular formula is C18H15Cl2N3S. The van der Waals surface area contributed by atoms with Crippen LogP contribution >= 0.6 is 35.0 Å². The van der Waals surface area contributed by atoms with Gasteiger partial charge in [-0.05, 0) is 29.8 Å². The van der Waals surface area contributed by atoms with Gasteiger partial charge in [0.1, 0.15) is 0 Å². The van der Waals surface area contributed by atoms with E-state index in [1.54, 1.807) is 11.8 Å². The molecule has 6 heteroatoms. The summed E-state index contributed by atoms with van der Waals surface area (Å²) in [5.41, 5.74) is 2.12. The Balaban J connectivity index is 1.85. The van der Waals surface area contributed by atoms with Gasteiger partial charge < -0.3 is 0 Å². The molecule has 0 atom stereocenters. The summed E-state index contributed by atoms with van der Waals surface area (Å²) >= 11 is 13.6. The number of aromatic nitrogens is 3. The summed E-state index contributed by atoms with van der Waals surface area (Å²) in [6, 6.07) is 15.4. The molecule has 0 saturated heterocycles. The molecule has 1 aromatic heterocycles. The first-order valence-corrected chi connectivity index (χ1v) is 9.09. The molecule has 3 aromatic rings. The summed E-state index contributed by atoms with van der Waals surface area (Å²) < 4.78 is 2.04. The van der Waals surface area contributed by atoms with Crippen LogP contribution in [-0.4, -0.2) is 14.8 Å². The van der Waals surface area contributed by atoms with E-state index >= 15 is 0 Å². The molecule has 0 aliphatic rings.